The highest BCUT2D eigenvalue weighted by Crippen LogP contribution is 2.43. The summed E-state index contributed by atoms with van der Waals surface area (Å²) >= 11 is 0. The molecule has 0 radical (unpaired) electrons. The van der Waals surface area contributed by atoms with Gasteiger partial charge in [0, 0.05) is 19.4 Å². The van der Waals surface area contributed by atoms with Gasteiger partial charge < -0.3 is 24.8 Å². The van der Waals surface area contributed by atoms with Crippen LogP contribution in [0.5, 0.6) is 0 Å². The van der Waals surface area contributed by atoms with Gasteiger partial charge in [-0.1, -0.05) is 124 Å². The van der Waals surface area contributed by atoms with Crippen molar-refractivity contribution in [1.29, 1.82) is 0 Å². The summed E-state index contributed by atoms with van der Waals surface area (Å²) in [4.78, 5) is 34.9. The first-order chi connectivity index (χ1) is 27.3. The monoisotopic (exact) mass is 801 g/mol. The topological polar surface area (TPSA) is 147 Å². The Morgan fingerprint density at radius 3 is 1.77 bits per heavy atom. The average molecular weight is 802 g/mol. The van der Waals surface area contributed by atoms with Crippen molar-refractivity contribution in [3.05, 3.63) is 97.2 Å². The molecule has 1 aliphatic heterocycles. The highest BCUT2D eigenvalue weighted by molar-refractivity contribution is 7.47. The summed E-state index contributed by atoms with van der Waals surface area (Å²) in [5, 5.41) is 0. The largest absolute Gasteiger partial charge is 0.472 e. The van der Waals surface area contributed by atoms with E-state index in [1.807, 2.05) is 6.08 Å². The standard InChI is InChI=1S/C45H72NO9P/c1-3-5-7-9-11-13-15-17-18-19-20-21-23-25-27-29-31-35-44(47)51-39-41(40-53-56(49,50)52-38-37-46)54-45(48)36-32-34-43-42(55-43)33-30-28-26-24-22-16-14-12-10-8-6-4-2/h5,7,11-14,17-18,20-22,24-25,27-28,30,41-43H,3-4,6,8-10,15-16,19,23,26,29,31-40,46H2,1-2H3,(H,49,50)/b7-5-,13-11-,14-12-,18-17-,21-20-,24-22-,27-25-,30-28-/t41-,42?,43?/m1/s1. The Morgan fingerprint density at radius 1 is 0.661 bits per heavy atom. The Balaban J connectivity index is 2.31. The molecule has 3 N–H and O–H groups in total. The van der Waals surface area contributed by atoms with E-state index in [1.165, 1.54) is 19.3 Å². The molecule has 0 aliphatic carbocycles. The van der Waals surface area contributed by atoms with E-state index in [0.717, 1.165) is 57.8 Å². The second-order valence-electron chi connectivity index (χ2n) is 13.5. The lowest BCUT2D eigenvalue weighted by atomic mass is 10.1. The number of carbonyl (C=O) groups excluding carboxylic acids is 2. The highest BCUT2D eigenvalue weighted by Gasteiger charge is 2.36. The van der Waals surface area contributed by atoms with Gasteiger partial charge >= 0.3 is 19.8 Å². The van der Waals surface area contributed by atoms with Gasteiger partial charge in [0.2, 0.25) is 0 Å². The van der Waals surface area contributed by atoms with E-state index in [-0.39, 0.29) is 44.8 Å². The fraction of sp³-hybridized carbons (Fsp3) is 0.600. The molecule has 0 saturated carbocycles. The predicted molar refractivity (Wildman–Crippen MR) is 228 cm³/mol. The lowest BCUT2D eigenvalue weighted by Crippen LogP contribution is -2.29. The molecule has 3 unspecified atom stereocenters. The van der Waals surface area contributed by atoms with Crippen molar-refractivity contribution in [1.82, 2.24) is 0 Å². The van der Waals surface area contributed by atoms with E-state index in [2.05, 4.69) is 105 Å². The molecule has 11 heteroatoms. The van der Waals surface area contributed by atoms with Crippen molar-refractivity contribution in [2.45, 2.75) is 148 Å². The van der Waals surface area contributed by atoms with Crippen molar-refractivity contribution in [3.8, 4) is 0 Å². The van der Waals surface area contributed by atoms with Gasteiger partial charge in [0.05, 0.1) is 25.4 Å². The molecule has 1 rings (SSSR count). The Hall–Kier alpha value is -3.11. The van der Waals surface area contributed by atoms with Gasteiger partial charge in [0.25, 0.3) is 0 Å². The minimum Gasteiger partial charge on any atom is -0.462 e. The second kappa shape index (κ2) is 36.2. The van der Waals surface area contributed by atoms with Crippen molar-refractivity contribution < 1.29 is 42.3 Å². The van der Waals surface area contributed by atoms with Crippen LogP contribution in [0.15, 0.2) is 97.2 Å². The van der Waals surface area contributed by atoms with E-state index >= 15 is 0 Å². The molecule has 1 fully saturated rings. The van der Waals surface area contributed by atoms with E-state index in [1.54, 1.807) is 0 Å². The Kier molecular flexibility index (Phi) is 33.0. The maximum atomic E-state index is 12.6. The maximum Gasteiger partial charge on any atom is 0.472 e. The van der Waals surface area contributed by atoms with Crippen LogP contribution in [0.4, 0.5) is 0 Å². The van der Waals surface area contributed by atoms with Crippen LogP contribution < -0.4 is 5.73 Å². The third-order valence-electron chi connectivity index (χ3n) is 8.38. The number of epoxide rings is 1. The molecule has 1 aliphatic rings. The van der Waals surface area contributed by atoms with E-state index in [0.29, 0.717) is 25.7 Å². The first-order valence-electron chi connectivity index (χ1n) is 20.8. The van der Waals surface area contributed by atoms with Gasteiger partial charge in [-0.2, -0.15) is 0 Å². The molecule has 10 nitrogen and oxygen atoms in total. The zero-order valence-corrected chi connectivity index (χ0v) is 35.2. The molecule has 0 aromatic rings. The summed E-state index contributed by atoms with van der Waals surface area (Å²) in [6.07, 6.45) is 48.9. The van der Waals surface area contributed by atoms with Crippen LogP contribution in [0.3, 0.4) is 0 Å². The van der Waals surface area contributed by atoms with E-state index in [9.17, 15) is 19.0 Å². The van der Waals surface area contributed by atoms with Gasteiger partial charge in [0.1, 0.15) is 6.61 Å². The van der Waals surface area contributed by atoms with Crippen LogP contribution >= 0.6 is 7.82 Å². The van der Waals surface area contributed by atoms with Gasteiger partial charge in [-0.3, -0.25) is 18.6 Å². The molecule has 316 valence electrons. The van der Waals surface area contributed by atoms with Gasteiger partial charge in [-0.05, 0) is 89.9 Å². The maximum absolute atomic E-state index is 12.6. The minimum absolute atomic E-state index is 0.0279. The van der Waals surface area contributed by atoms with Crippen LogP contribution in [0.1, 0.15) is 129 Å². The number of allylic oxidation sites excluding steroid dienone is 15. The van der Waals surface area contributed by atoms with E-state index < -0.39 is 32.5 Å². The number of phosphoric acid groups is 1. The molecule has 0 spiro atoms. The van der Waals surface area contributed by atoms with Crippen LogP contribution in [-0.2, 0) is 37.4 Å². The summed E-state index contributed by atoms with van der Waals surface area (Å²) in [6.45, 7) is 3.40. The Bertz CT molecular complexity index is 1300. The fourth-order valence-electron chi connectivity index (χ4n) is 5.22. The molecular formula is C45H72NO9P. The van der Waals surface area contributed by atoms with Gasteiger partial charge in [-0.15, -0.1) is 0 Å². The highest BCUT2D eigenvalue weighted by atomic mass is 31.2. The molecular weight excluding hydrogens is 729 g/mol. The summed E-state index contributed by atoms with van der Waals surface area (Å²) in [5.41, 5.74) is 5.34. The number of ether oxygens (including phenoxy) is 3. The predicted octanol–water partition coefficient (Wildman–Crippen LogP) is 10.8. The van der Waals surface area contributed by atoms with Crippen LogP contribution in [0.2, 0.25) is 0 Å². The smallest absolute Gasteiger partial charge is 0.462 e. The third-order valence-corrected chi connectivity index (χ3v) is 9.36. The quantitative estimate of drug-likeness (QED) is 0.0206. The molecule has 0 bridgehead atoms. The lowest BCUT2D eigenvalue weighted by molar-refractivity contribution is -0.161. The molecule has 0 amide bonds. The van der Waals surface area contributed by atoms with Crippen molar-refractivity contribution in [3.63, 3.8) is 0 Å². The zero-order valence-electron chi connectivity index (χ0n) is 34.3. The number of carbonyl (C=O) groups is 2. The third kappa shape index (κ3) is 33.1. The Morgan fingerprint density at radius 2 is 1.20 bits per heavy atom. The number of nitrogens with two attached hydrogens (primary N) is 1. The number of unbranched alkanes of at least 4 members (excludes halogenated alkanes) is 4. The van der Waals surface area contributed by atoms with Gasteiger partial charge in [0.15, 0.2) is 6.10 Å². The average Bonchev–Trinajstić information content (AvgIpc) is 3.94. The van der Waals surface area contributed by atoms with Crippen molar-refractivity contribution >= 4 is 19.8 Å². The SMILES string of the molecule is CC/C=C\C/C=C\C/C=C\C/C=C\C/C=C\CCCC(=O)OC[C@H](COP(=O)(O)OCCN)OC(=O)CCCC1OC1C/C=C\C/C=C\C/C=C\CCCCC. The zero-order chi connectivity index (χ0) is 40.8. The van der Waals surface area contributed by atoms with Crippen LogP contribution in [-0.4, -0.2) is 61.5 Å². The number of hydrogen-bond acceptors (Lipinski definition) is 9. The first kappa shape index (κ1) is 50.9. The molecule has 1 saturated heterocycles. The normalized spacial score (nSPS) is 17.9. The number of phosphoric ester groups is 1. The van der Waals surface area contributed by atoms with Crippen molar-refractivity contribution in [2.75, 3.05) is 26.4 Å². The van der Waals surface area contributed by atoms with E-state index in [4.69, 9.17) is 29.0 Å². The summed E-state index contributed by atoms with van der Waals surface area (Å²) < 4.78 is 38.4. The molecule has 1 heterocycles. The van der Waals surface area contributed by atoms with Crippen molar-refractivity contribution in [2.24, 2.45) is 5.73 Å². The number of hydrogen-bond donors (Lipinski definition) is 2. The number of esters is 2. The molecule has 0 aromatic heterocycles. The summed E-state index contributed by atoms with van der Waals surface area (Å²) in [5.74, 6) is -0.986. The molecule has 56 heavy (non-hydrogen) atoms. The lowest BCUT2D eigenvalue weighted by Gasteiger charge is -2.19. The first-order valence-corrected chi connectivity index (χ1v) is 22.3. The van der Waals surface area contributed by atoms with Crippen LogP contribution in [0, 0.1) is 0 Å². The minimum atomic E-state index is -4.42. The number of rotatable bonds is 36. The van der Waals surface area contributed by atoms with Gasteiger partial charge in [-0.25, -0.2) is 4.57 Å². The Labute approximate surface area is 338 Å². The molecule has 4 atom stereocenters. The molecule has 0 aromatic carbocycles. The summed E-state index contributed by atoms with van der Waals surface area (Å²) in [6, 6.07) is 0. The summed E-state index contributed by atoms with van der Waals surface area (Å²) in [7, 11) is -4.42. The fourth-order valence-corrected chi connectivity index (χ4v) is 5.99. The van der Waals surface area contributed by atoms with Crippen LogP contribution in [0.25, 0.3) is 0 Å². The second-order valence-corrected chi connectivity index (χ2v) is 15.0.